The van der Waals surface area contributed by atoms with E-state index in [1.54, 1.807) is 6.20 Å². The topological polar surface area (TPSA) is 70.8 Å². The monoisotopic (exact) mass is 460 g/mol. The number of thiocarbonyl (C=S) groups is 1. The number of piperidine rings is 1. The van der Waals surface area contributed by atoms with Gasteiger partial charge in [0.2, 0.25) is 6.23 Å². The van der Waals surface area contributed by atoms with Gasteiger partial charge >= 0.3 is 0 Å². The normalized spacial score (nSPS) is 25.6. The summed E-state index contributed by atoms with van der Waals surface area (Å²) < 4.78 is 5.90. The summed E-state index contributed by atoms with van der Waals surface area (Å²) in [5.74, 6) is 1.40. The van der Waals surface area contributed by atoms with E-state index in [-0.39, 0.29) is 6.23 Å². The Morgan fingerprint density at radius 2 is 1.91 bits per heavy atom. The molecule has 0 aromatic carbocycles. The van der Waals surface area contributed by atoms with Crippen LogP contribution in [0.5, 0.6) is 0 Å². The maximum atomic E-state index is 11.1. The van der Waals surface area contributed by atoms with Crippen molar-refractivity contribution in [1.82, 2.24) is 15.1 Å². The van der Waals surface area contributed by atoms with Gasteiger partial charge in [-0.05, 0) is 83.3 Å². The molecule has 7 heteroatoms. The van der Waals surface area contributed by atoms with Crippen molar-refractivity contribution >= 4 is 23.5 Å². The average molecular weight is 461 g/mol. The third-order valence-electron chi connectivity index (χ3n) is 6.69. The molecule has 4 rings (SSSR count). The highest BCUT2D eigenvalue weighted by Crippen LogP contribution is 2.32. The minimum absolute atomic E-state index is 0.259. The molecule has 1 atom stereocenters. The van der Waals surface area contributed by atoms with E-state index in [0.717, 1.165) is 35.8 Å². The number of hydrogen-bond donors (Lipinski definition) is 2. The standard InChI is InChI=1S/C17H22N2O2S.C8H18N2/c1-2-15-17(22)19(10-12-6-4-3-5-7-12)14-8-13(11-20)9-18-16(14)21-15;9-5-4-8-10-6-2-1-3-7-10/h2,8-9,11-12,16,18H,3-7,10H2,1H3;1-9H2/b15-2-;. The minimum atomic E-state index is -0.259. The number of fused-ring (bicyclic) bond motifs is 1. The number of aldehydes is 1. The van der Waals surface area contributed by atoms with Crippen LogP contribution in [-0.4, -0.2) is 60.0 Å². The second-order valence-electron chi connectivity index (χ2n) is 9.11. The molecular formula is C25H40N4O2S. The molecule has 0 spiro atoms. The lowest BCUT2D eigenvalue weighted by molar-refractivity contribution is -0.104. The van der Waals surface area contributed by atoms with Gasteiger partial charge in [0, 0.05) is 18.3 Å². The first-order valence-corrected chi connectivity index (χ1v) is 12.8. The van der Waals surface area contributed by atoms with Gasteiger partial charge in [-0.3, -0.25) is 4.79 Å². The number of nitrogens with zero attached hydrogens (tertiary/aromatic N) is 2. The zero-order chi connectivity index (χ0) is 22.8. The molecule has 0 bridgehead atoms. The van der Waals surface area contributed by atoms with Crippen LogP contribution in [0.2, 0.25) is 0 Å². The first-order chi connectivity index (χ1) is 15.7. The van der Waals surface area contributed by atoms with Gasteiger partial charge in [0.25, 0.3) is 0 Å². The van der Waals surface area contributed by atoms with Crippen LogP contribution in [0, 0.1) is 5.92 Å². The van der Waals surface area contributed by atoms with Crippen molar-refractivity contribution in [3.05, 3.63) is 35.4 Å². The highest BCUT2D eigenvalue weighted by Gasteiger charge is 2.35. The third kappa shape index (κ3) is 6.90. The summed E-state index contributed by atoms with van der Waals surface area (Å²) in [6.45, 7) is 7.52. The SMILES string of the molecule is C/C=C1\OC2NC=C(C=O)C=C2N(CC2CCCCC2)C1=S.NCCCN1CCCCC1. The molecule has 3 fully saturated rings. The zero-order valence-corrected chi connectivity index (χ0v) is 20.4. The van der Waals surface area contributed by atoms with Crippen LogP contribution in [0.3, 0.4) is 0 Å². The summed E-state index contributed by atoms with van der Waals surface area (Å²) in [6.07, 6.45) is 17.9. The van der Waals surface area contributed by atoms with Gasteiger partial charge < -0.3 is 25.6 Å². The summed E-state index contributed by atoms with van der Waals surface area (Å²) >= 11 is 5.62. The van der Waals surface area contributed by atoms with Crippen LogP contribution in [-0.2, 0) is 9.53 Å². The highest BCUT2D eigenvalue weighted by molar-refractivity contribution is 7.80. The van der Waals surface area contributed by atoms with E-state index in [9.17, 15) is 4.79 Å². The van der Waals surface area contributed by atoms with Gasteiger partial charge in [-0.25, -0.2) is 0 Å². The summed E-state index contributed by atoms with van der Waals surface area (Å²) in [5.41, 5.74) is 6.99. The van der Waals surface area contributed by atoms with E-state index in [1.165, 1.54) is 77.4 Å². The fourth-order valence-corrected chi connectivity index (χ4v) is 5.21. The number of likely N-dealkylation sites (tertiary alicyclic amines) is 1. The van der Waals surface area contributed by atoms with Crippen LogP contribution >= 0.6 is 12.2 Å². The van der Waals surface area contributed by atoms with Crippen LogP contribution < -0.4 is 11.1 Å². The first kappa shape index (κ1) is 24.9. The largest absolute Gasteiger partial charge is 0.462 e. The van der Waals surface area contributed by atoms with Crippen molar-refractivity contribution in [1.29, 1.82) is 0 Å². The molecule has 0 amide bonds. The Bertz CT molecular complexity index is 721. The number of dihydropyridines is 1. The number of carbonyl (C=O) groups excluding carboxylic acids is 1. The van der Waals surface area contributed by atoms with Crippen molar-refractivity contribution in [3.63, 3.8) is 0 Å². The van der Waals surface area contributed by atoms with Crippen molar-refractivity contribution in [2.24, 2.45) is 11.7 Å². The highest BCUT2D eigenvalue weighted by atomic mass is 32.1. The van der Waals surface area contributed by atoms with E-state index < -0.39 is 0 Å². The van der Waals surface area contributed by atoms with E-state index in [0.29, 0.717) is 11.5 Å². The minimum Gasteiger partial charge on any atom is -0.462 e. The lowest BCUT2D eigenvalue weighted by Gasteiger charge is -2.42. The van der Waals surface area contributed by atoms with Crippen LogP contribution in [0.4, 0.5) is 0 Å². The maximum Gasteiger partial charge on any atom is 0.211 e. The smallest absolute Gasteiger partial charge is 0.211 e. The lowest BCUT2D eigenvalue weighted by atomic mass is 9.88. The van der Waals surface area contributed by atoms with Crippen LogP contribution in [0.25, 0.3) is 0 Å². The number of nitrogens with one attached hydrogen (secondary N) is 1. The molecule has 3 N–H and O–H groups in total. The number of morpholine rings is 1. The molecule has 0 aromatic rings. The molecule has 1 aliphatic carbocycles. The van der Waals surface area contributed by atoms with Crippen LogP contribution in [0.1, 0.15) is 64.7 Å². The maximum absolute atomic E-state index is 11.1. The van der Waals surface area contributed by atoms with Crippen LogP contribution in [0.15, 0.2) is 35.4 Å². The molecule has 1 saturated carbocycles. The Morgan fingerprint density at radius 3 is 2.56 bits per heavy atom. The van der Waals surface area contributed by atoms with Crippen molar-refractivity contribution in [2.45, 2.75) is 70.9 Å². The number of ether oxygens (including phenoxy) is 1. The zero-order valence-electron chi connectivity index (χ0n) is 19.6. The van der Waals surface area contributed by atoms with Gasteiger partial charge in [-0.2, -0.15) is 0 Å². The molecule has 3 aliphatic heterocycles. The number of carbonyl (C=O) groups is 1. The lowest BCUT2D eigenvalue weighted by Crippen LogP contribution is -2.50. The number of rotatable bonds is 6. The van der Waals surface area contributed by atoms with E-state index in [2.05, 4.69) is 15.1 Å². The van der Waals surface area contributed by atoms with Crippen molar-refractivity contribution in [3.8, 4) is 0 Å². The molecule has 6 nitrogen and oxygen atoms in total. The van der Waals surface area contributed by atoms with Gasteiger partial charge in [-0.1, -0.05) is 37.9 Å². The van der Waals surface area contributed by atoms with Gasteiger partial charge in [0.15, 0.2) is 12.0 Å². The quantitative estimate of drug-likeness (QED) is 0.354. The Kier molecular flexibility index (Phi) is 10.2. The number of nitrogens with two attached hydrogens (primary N) is 1. The van der Waals surface area contributed by atoms with Gasteiger partial charge in [-0.15, -0.1) is 0 Å². The first-order valence-electron chi connectivity index (χ1n) is 12.4. The Balaban J connectivity index is 0.000000243. The summed E-state index contributed by atoms with van der Waals surface area (Å²) in [7, 11) is 0. The second kappa shape index (κ2) is 13.1. The van der Waals surface area contributed by atoms with Gasteiger partial charge in [0.1, 0.15) is 4.99 Å². The van der Waals surface area contributed by atoms with E-state index in [4.69, 9.17) is 22.7 Å². The Labute approximate surface area is 198 Å². The predicted octanol–water partition coefficient (Wildman–Crippen LogP) is 3.85. The molecule has 4 aliphatic rings. The molecule has 2 saturated heterocycles. The molecule has 32 heavy (non-hydrogen) atoms. The second-order valence-corrected chi connectivity index (χ2v) is 9.50. The molecule has 3 heterocycles. The fraction of sp³-hybridized carbons (Fsp3) is 0.680. The van der Waals surface area contributed by atoms with Crippen molar-refractivity contribution < 1.29 is 9.53 Å². The Hall–Kier alpha value is -1.70. The average Bonchev–Trinajstić information content (AvgIpc) is 2.85. The molecule has 0 radical (unpaired) electrons. The number of allylic oxidation sites excluding steroid dienone is 3. The van der Waals surface area contributed by atoms with E-state index in [1.807, 2.05) is 19.1 Å². The van der Waals surface area contributed by atoms with Gasteiger partial charge in [0.05, 0.1) is 5.70 Å². The molecular weight excluding hydrogens is 420 g/mol. The molecule has 178 valence electrons. The molecule has 0 aromatic heterocycles. The third-order valence-corrected chi connectivity index (χ3v) is 7.11. The number of hydrogen-bond acceptors (Lipinski definition) is 6. The summed E-state index contributed by atoms with van der Waals surface area (Å²) in [5, 5.41) is 3.15. The van der Waals surface area contributed by atoms with E-state index >= 15 is 0 Å². The fourth-order valence-electron chi connectivity index (χ4n) is 4.86. The molecule has 1 unspecified atom stereocenters. The predicted molar refractivity (Wildman–Crippen MR) is 134 cm³/mol. The van der Waals surface area contributed by atoms with Crippen molar-refractivity contribution in [2.75, 3.05) is 32.7 Å². The summed E-state index contributed by atoms with van der Waals surface area (Å²) in [6, 6.07) is 0. The summed E-state index contributed by atoms with van der Waals surface area (Å²) in [4.78, 5) is 16.5. The Morgan fingerprint density at radius 1 is 1.19 bits per heavy atom.